The van der Waals surface area contributed by atoms with Crippen LogP contribution in [0.2, 0.25) is 0 Å². The minimum atomic E-state index is -0.0859. The molecule has 0 bridgehead atoms. The third-order valence-electron chi connectivity index (χ3n) is 5.14. The van der Waals surface area contributed by atoms with Crippen molar-refractivity contribution in [1.82, 2.24) is 20.4 Å². The lowest BCUT2D eigenvalue weighted by Gasteiger charge is -2.33. The largest absolute Gasteiger partial charge is 0.497 e. The molecule has 1 fully saturated rings. The molecule has 2 aromatic heterocycles. The Morgan fingerprint density at radius 3 is 2.93 bits per heavy atom. The highest BCUT2D eigenvalue weighted by molar-refractivity contribution is 5.88. The van der Waals surface area contributed by atoms with Gasteiger partial charge in [0.25, 0.3) is 5.71 Å². The molecule has 0 spiro atoms. The molecule has 3 aromatic rings. The zero-order chi connectivity index (χ0) is 19.5. The van der Waals surface area contributed by atoms with E-state index in [4.69, 9.17) is 9.26 Å². The van der Waals surface area contributed by atoms with Crippen molar-refractivity contribution in [2.75, 3.05) is 25.1 Å². The molecule has 1 aromatic carbocycles. The number of ether oxygens (including phenoxy) is 1. The summed E-state index contributed by atoms with van der Waals surface area (Å²) in [5.74, 6) is 1.57. The van der Waals surface area contributed by atoms with E-state index >= 15 is 0 Å². The van der Waals surface area contributed by atoms with Gasteiger partial charge in [0.1, 0.15) is 23.3 Å². The molecule has 0 saturated carbocycles. The number of anilines is 1. The standard InChI is InChI=1S/C20H23N5O3/c1-13-17-18(22-12-23-20(17)28-24-13)25-9-3-4-15(11-25)19(26)21-10-14-5-7-16(27-2)8-6-14/h5-8,12,15H,3-4,9-11H2,1-2H3,(H,21,26). The molecular weight excluding hydrogens is 358 g/mol. The highest BCUT2D eigenvalue weighted by Gasteiger charge is 2.28. The number of methoxy groups -OCH3 is 1. The Morgan fingerprint density at radius 2 is 2.14 bits per heavy atom. The summed E-state index contributed by atoms with van der Waals surface area (Å²) in [5, 5.41) is 7.86. The third-order valence-corrected chi connectivity index (χ3v) is 5.14. The molecule has 1 unspecified atom stereocenters. The molecule has 1 atom stereocenters. The van der Waals surface area contributed by atoms with Crippen LogP contribution < -0.4 is 15.0 Å². The molecule has 0 radical (unpaired) electrons. The van der Waals surface area contributed by atoms with Gasteiger partial charge in [-0.2, -0.15) is 4.98 Å². The Hall–Kier alpha value is -3.16. The average molecular weight is 381 g/mol. The van der Waals surface area contributed by atoms with Crippen LogP contribution in [0.3, 0.4) is 0 Å². The zero-order valence-electron chi connectivity index (χ0n) is 16.0. The van der Waals surface area contributed by atoms with Crippen LogP contribution in [0.25, 0.3) is 11.1 Å². The number of nitrogens with one attached hydrogen (secondary N) is 1. The minimum Gasteiger partial charge on any atom is -0.497 e. The number of hydrogen-bond donors (Lipinski definition) is 1. The van der Waals surface area contributed by atoms with Gasteiger partial charge in [0.2, 0.25) is 5.91 Å². The molecule has 1 amide bonds. The van der Waals surface area contributed by atoms with Crippen LogP contribution >= 0.6 is 0 Å². The van der Waals surface area contributed by atoms with E-state index in [0.717, 1.165) is 47.6 Å². The predicted molar refractivity (Wildman–Crippen MR) is 104 cm³/mol. The second-order valence-electron chi connectivity index (χ2n) is 7.00. The summed E-state index contributed by atoms with van der Waals surface area (Å²) < 4.78 is 10.4. The van der Waals surface area contributed by atoms with Gasteiger partial charge in [-0.15, -0.1) is 0 Å². The highest BCUT2D eigenvalue weighted by atomic mass is 16.5. The van der Waals surface area contributed by atoms with Crippen molar-refractivity contribution >= 4 is 22.8 Å². The first-order chi connectivity index (χ1) is 13.7. The molecule has 1 aliphatic rings. The summed E-state index contributed by atoms with van der Waals surface area (Å²) >= 11 is 0. The average Bonchev–Trinajstić information content (AvgIpc) is 3.13. The minimum absolute atomic E-state index is 0.0628. The monoisotopic (exact) mass is 381 g/mol. The number of fused-ring (bicyclic) bond motifs is 1. The number of aryl methyl sites for hydroxylation is 1. The second-order valence-corrected chi connectivity index (χ2v) is 7.00. The topological polar surface area (TPSA) is 93.4 Å². The van der Waals surface area contributed by atoms with E-state index in [9.17, 15) is 4.79 Å². The Bertz CT molecular complexity index is 970. The number of aromatic nitrogens is 3. The molecule has 1 aliphatic heterocycles. The van der Waals surface area contributed by atoms with Gasteiger partial charge in [0.15, 0.2) is 0 Å². The molecule has 8 nitrogen and oxygen atoms in total. The smallest absolute Gasteiger partial charge is 0.263 e. The molecule has 4 rings (SSSR count). The number of rotatable bonds is 5. The maximum atomic E-state index is 12.7. The summed E-state index contributed by atoms with van der Waals surface area (Å²) in [6.07, 6.45) is 3.27. The van der Waals surface area contributed by atoms with Gasteiger partial charge in [0, 0.05) is 19.6 Å². The van der Waals surface area contributed by atoms with Crippen LogP contribution in [0.5, 0.6) is 5.75 Å². The van der Waals surface area contributed by atoms with Gasteiger partial charge in [0.05, 0.1) is 18.7 Å². The van der Waals surface area contributed by atoms with Crippen molar-refractivity contribution in [3.05, 3.63) is 41.9 Å². The molecule has 146 valence electrons. The number of carbonyl (C=O) groups is 1. The van der Waals surface area contributed by atoms with Crippen molar-refractivity contribution in [3.8, 4) is 5.75 Å². The molecule has 1 saturated heterocycles. The number of nitrogens with zero attached hydrogens (tertiary/aromatic N) is 4. The Morgan fingerprint density at radius 1 is 1.32 bits per heavy atom. The van der Waals surface area contributed by atoms with Gasteiger partial charge < -0.3 is 19.5 Å². The van der Waals surface area contributed by atoms with E-state index in [0.29, 0.717) is 18.8 Å². The van der Waals surface area contributed by atoms with Crippen LogP contribution in [0.1, 0.15) is 24.1 Å². The van der Waals surface area contributed by atoms with Crippen molar-refractivity contribution in [2.24, 2.45) is 5.92 Å². The van der Waals surface area contributed by atoms with Gasteiger partial charge >= 0.3 is 0 Å². The fraction of sp³-hybridized carbons (Fsp3) is 0.400. The van der Waals surface area contributed by atoms with E-state index in [1.54, 1.807) is 7.11 Å². The van der Waals surface area contributed by atoms with Gasteiger partial charge in [-0.05, 0) is 37.5 Å². The zero-order valence-corrected chi connectivity index (χ0v) is 16.0. The van der Waals surface area contributed by atoms with Crippen LogP contribution in [0.4, 0.5) is 5.82 Å². The second kappa shape index (κ2) is 7.84. The van der Waals surface area contributed by atoms with Crippen LogP contribution in [-0.4, -0.2) is 41.2 Å². The first kappa shape index (κ1) is 18.2. The molecule has 28 heavy (non-hydrogen) atoms. The summed E-state index contributed by atoms with van der Waals surface area (Å²) in [7, 11) is 1.64. The lowest BCUT2D eigenvalue weighted by atomic mass is 9.96. The Labute approximate surface area is 162 Å². The Kier molecular flexibility index (Phi) is 5.10. The van der Waals surface area contributed by atoms with Crippen LogP contribution in [0, 0.1) is 12.8 Å². The fourth-order valence-electron chi connectivity index (χ4n) is 3.60. The van der Waals surface area contributed by atoms with Crippen LogP contribution in [0.15, 0.2) is 35.1 Å². The van der Waals surface area contributed by atoms with Crippen LogP contribution in [-0.2, 0) is 11.3 Å². The summed E-state index contributed by atoms with van der Waals surface area (Å²) in [4.78, 5) is 23.4. The maximum Gasteiger partial charge on any atom is 0.263 e. The number of amides is 1. The number of carbonyl (C=O) groups excluding carboxylic acids is 1. The van der Waals surface area contributed by atoms with Gasteiger partial charge in [-0.25, -0.2) is 4.98 Å². The first-order valence-electron chi connectivity index (χ1n) is 9.38. The molecule has 1 N–H and O–H groups in total. The molecule has 8 heteroatoms. The van der Waals surface area contributed by atoms with E-state index in [-0.39, 0.29) is 11.8 Å². The van der Waals surface area contributed by atoms with Gasteiger partial charge in [-0.1, -0.05) is 17.3 Å². The van der Waals surface area contributed by atoms with Crippen molar-refractivity contribution in [2.45, 2.75) is 26.3 Å². The summed E-state index contributed by atoms with van der Waals surface area (Å²) in [6, 6.07) is 7.70. The van der Waals surface area contributed by atoms with Crippen molar-refractivity contribution in [3.63, 3.8) is 0 Å². The van der Waals surface area contributed by atoms with Gasteiger partial charge in [-0.3, -0.25) is 4.79 Å². The Balaban J connectivity index is 1.42. The normalized spacial score (nSPS) is 16.9. The van der Waals surface area contributed by atoms with E-state index in [1.807, 2.05) is 31.2 Å². The van der Waals surface area contributed by atoms with E-state index in [1.165, 1.54) is 6.33 Å². The third kappa shape index (κ3) is 3.62. The van der Waals surface area contributed by atoms with E-state index < -0.39 is 0 Å². The fourth-order valence-corrected chi connectivity index (χ4v) is 3.60. The maximum absolute atomic E-state index is 12.7. The quantitative estimate of drug-likeness (QED) is 0.725. The van der Waals surface area contributed by atoms with E-state index in [2.05, 4.69) is 25.3 Å². The molecule has 3 heterocycles. The number of hydrogen-bond acceptors (Lipinski definition) is 7. The predicted octanol–water partition coefficient (Wildman–Crippen LogP) is 2.47. The molecule has 0 aliphatic carbocycles. The summed E-state index contributed by atoms with van der Waals surface area (Å²) in [6.45, 7) is 3.84. The SMILES string of the molecule is COc1ccc(CNC(=O)C2CCCN(c3ncnc4onc(C)c34)C2)cc1. The first-order valence-corrected chi connectivity index (χ1v) is 9.38. The molecular formula is C20H23N5O3. The lowest BCUT2D eigenvalue weighted by molar-refractivity contribution is -0.125. The van der Waals surface area contributed by atoms with Crippen molar-refractivity contribution < 1.29 is 14.1 Å². The lowest BCUT2D eigenvalue weighted by Crippen LogP contribution is -2.43. The highest BCUT2D eigenvalue weighted by Crippen LogP contribution is 2.29. The number of benzene rings is 1. The van der Waals surface area contributed by atoms with Crippen molar-refractivity contribution in [1.29, 1.82) is 0 Å². The summed E-state index contributed by atoms with van der Waals surface area (Å²) in [5.41, 5.74) is 2.28. The number of piperidine rings is 1.